The van der Waals surface area contributed by atoms with Crippen LogP contribution < -0.4 is 4.74 Å². The van der Waals surface area contributed by atoms with Crippen molar-refractivity contribution in [1.82, 2.24) is 19.4 Å². The lowest BCUT2D eigenvalue weighted by atomic mass is 10.1. The zero-order valence-corrected chi connectivity index (χ0v) is 16.9. The summed E-state index contributed by atoms with van der Waals surface area (Å²) in [6, 6.07) is 14.2. The van der Waals surface area contributed by atoms with Crippen LogP contribution in [0.1, 0.15) is 19.8 Å². The second-order valence-corrected chi connectivity index (χ2v) is 7.39. The summed E-state index contributed by atoms with van der Waals surface area (Å²) in [6.07, 6.45) is 5.36. The Kier molecular flexibility index (Phi) is 6.22. The van der Waals surface area contributed by atoms with Crippen LogP contribution in [0.25, 0.3) is 22.5 Å². The minimum atomic E-state index is -0.144. The first kappa shape index (κ1) is 19.6. The predicted octanol–water partition coefficient (Wildman–Crippen LogP) is 3.47. The fourth-order valence-corrected chi connectivity index (χ4v) is 3.81. The molecule has 6 nitrogen and oxygen atoms in total. The number of ether oxygens (including phenoxy) is 1. The van der Waals surface area contributed by atoms with Gasteiger partial charge in [-0.25, -0.2) is 9.97 Å². The van der Waals surface area contributed by atoms with Crippen molar-refractivity contribution in [2.24, 2.45) is 0 Å². The maximum Gasteiger partial charge on any atom is 0.213 e. The second kappa shape index (κ2) is 9.20. The smallest absolute Gasteiger partial charge is 0.213 e. The number of aliphatic hydroxyl groups is 1. The standard InChI is InChI=1S/C23H28N4O2/c1-2-29-21-9-8-19(16-24-21)23-22(18-6-4-3-5-7-18)25-17-27(23)15-14-26-12-10-20(28)11-13-26/h3-9,16-17,20,28H,2,10-15H2,1H3. The van der Waals surface area contributed by atoms with Crippen LogP contribution in [0, 0.1) is 0 Å². The molecule has 152 valence electrons. The first-order valence-electron chi connectivity index (χ1n) is 10.3. The van der Waals surface area contributed by atoms with Crippen LogP contribution in [0.2, 0.25) is 0 Å². The Morgan fingerprint density at radius 2 is 1.79 bits per heavy atom. The normalized spacial score (nSPS) is 15.5. The third-order valence-electron chi connectivity index (χ3n) is 5.40. The first-order valence-corrected chi connectivity index (χ1v) is 10.3. The van der Waals surface area contributed by atoms with Gasteiger partial charge < -0.3 is 19.3 Å². The van der Waals surface area contributed by atoms with Crippen LogP contribution in [-0.2, 0) is 6.54 Å². The highest BCUT2D eigenvalue weighted by molar-refractivity contribution is 5.78. The molecule has 0 unspecified atom stereocenters. The number of rotatable bonds is 7. The summed E-state index contributed by atoms with van der Waals surface area (Å²) < 4.78 is 7.71. The number of aromatic nitrogens is 3. The topological polar surface area (TPSA) is 63.4 Å². The van der Waals surface area contributed by atoms with Gasteiger partial charge in [-0.1, -0.05) is 30.3 Å². The van der Waals surface area contributed by atoms with Gasteiger partial charge in [-0.2, -0.15) is 0 Å². The SMILES string of the molecule is CCOc1ccc(-c2c(-c3ccccc3)ncn2CCN2CCC(O)CC2)cn1. The molecular formula is C23H28N4O2. The molecule has 1 aliphatic rings. The molecule has 0 atom stereocenters. The van der Waals surface area contributed by atoms with Gasteiger partial charge in [0.15, 0.2) is 0 Å². The van der Waals surface area contributed by atoms with E-state index in [1.165, 1.54) is 0 Å². The van der Waals surface area contributed by atoms with Crippen LogP contribution in [0.5, 0.6) is 5.88 Å². The minimum Gasteiger partial charge on any atom is -0.478 e. The van der Waals surface area contributed by atoms with Crippen LogP contribution in [0.15, 0.2) is 55.0 Å². The van der Waals surface area contributed by atoms with E-state index in [1.54, 1.807) is 0 Å². The van der Waals surface area contributed by atoms with E-state index >= 15 is 0 Å². The van der Waals surface area contributed by atoms with E-state index in [2.05, 4.69) is 32.7 Å². The van der Waals surface area contributed by atoms with E-state index in [4.69, 9.17) is 9.72 Å². The Hall–Kier alpha value is -2.70. The monoisotopic (exact) mass is 392 g/mol. The Morgan fingerprint density at radius 1 is 1.00 bits per heavy atom. The summed E-state index contributed by atoms with van der Waals surface area (Å²) >= 11 is 0. The molecule has 0 aliphatic carbocycles. The zero-order valence-electron chi connectivity index (χ0n) is 16.9. The summed E-state index contributed by atoms with van der Waals surface area (Å²) in [5.41, 5.74) is 4.16. The molecule has 1 fully saturated rings. The third kappa shape index (κ3) is 4.66. The molecule has 6 heteroatoms. The Labute approximate surface area is 171 Å². The molecule has 0 amide bonds. The van der Waals surface area contributed by atoms with Gasteiger partial charge in [0.25, 0.3) is 0 Å². The highest BCUT2D eigenvalue weighted by Crippen LogP contribution is 2.31. The molecule has 2 aromatic heterocycles. The number of benzene rings is 1. The molecule has 0 bridgehead atoms. The number of piperidine rings is 1. The highest BCUT2D eigenvalue weighted by Gasteiger charge is 2.19. The molecule has 3 aromatic rings. The van der Waals surface area contributed by atoms with Crippen molar-refractivity contribution in [3.8, 4) is 28.4 Å². The van der Waals surface area contributed by atoms with Gasteiger partial charge >= 0.3 is 0 Å². The predicted molar refractivity (Wildman–Crippen MR) is 114 cm³/mol. The average Bonchev–Trinajstić information content (AvgIpc) is 3.19. The number of hydrogen-bond donors (Lipinski definition) is 1. The Morgan fingerprint density at radius 3 is 2.48 bits per heavy atom. The van der Waals surface area contributed by atoms with Crippen molar-refractivity contribution in [1.29, 1.82) is 0 Å². The molecule has 3 heterocycles. The number of pyridine rings is 1. The lowest BCUT2D eigenvalue weighted by molar-refractivity contribution is 0.0810. The van der Waals surface area contributed by atoms with Crippen LogP contribution in [-0.4, -0.2) is 56.9 Å². The summed E-state index contributed by atoms with van der Waals surface area (Å²) in [5.74, 6) is 0.635. The first-order chi connectivity index (χ1) is 14.2. The molecule has 29 heavy (non-hydrogen) atoms. The van der Waals surface area contributed by atoms with Crippen molar-refractivity contribution in [2.75, 3.05) is 26.2 Å². The Balaban J connectivity index is 1.61. The quantitative estimate of drug-likeness (QED) is 0.667. The van der Waals surface area contributed by atoms with Crippen molar-refractivity contribution in [3.05, 3.63) is 55.0 Å². The van der Waals surface area contributed by atoms with Gasteiger partial charge in [0.05, 0.1) is 30.4 Å². The largest absolute Gasteiger partial charge is 0.478 e. The fourth-order valence-electron chi connectivity index (χ4n) is 3.81. The van der Waals surface area contributed by atoms with E-state index < -0.39 is 0 Å². The molecule has 1 N–H and O–H groups in total. The fraction of sp³-hybridized carbons (Fsp3) is 0.391. The minimum absolute atomic E-state index is 0.144. The van der Waals surface area contributed by atoms with E-state index in [0.717, 1.165) is 61.5 Å². The number of nitrogens with zero attached hydrogens (tertiary/aromatic N) is 4. The number of likely N-dealkylation sites (tertiary alicyclic amines) is 1. The van der Waals surface area contributed by atoms with Gasteiger partial charge in [-0.3, -0.25) is 0 Å². The van der Waals surface area contributed by atoms with Crippen LogP contribution >= 0.6 is 0 Å². The molecule has 1 saturated heterocycles. The molecule has 1 aromatic carbocycles. The van der Waals surface area contributed by atoms with Crippen molar-refractivity contribution < 1.29 is 9.84 Å². The van der Waals surface area contributed by atoms with Gasteiger partial charge in [0.1, 0.15) is 0 Å². The number of imidazole rings is 1. The second-order valence-electron chi connectivity index (χ2n) is 7.39. The average molecular weight is 393 g/mol. The van der Waals surface area contributed by atoms with E-state index in [9.17, 15) is 5.11 Å². The van der Waals surface area contributed by atoms with E-state index in [-0.39, 0.29) is 6.10 Å². The molecule has 0 radical (unpaired) electrons. The van der Waals surface area contributed by atoms with Gasteiger partial charge in [0.2, 0.25) is 5.88 Å². The third-order valence-corrected chi connectivity index (χ3v) is 5.40. The molecule has 0 spiro atoms. The van der Waals surface area contributed by atoms with Gasteiger partial charge in [0, 0.05) is 49.6 Å². The van der Waals surface area contributed by atoms with Crippen LogP contribution in [0.3, 0.4) is 0 Å². The summed E-state index contributed by atoms with van der Waals surface area (Å²) in [4.78, 5) is 11.6. The summed E-state index contributed by atoms with van der Waals surface area (Å²) in [6.45, 7) is 6.23. The molecular weight excluding hydrogens is 364 g/mol. The van der Waals surface area contributed by atoms with Gasteiger partial charge in [-0.05, 0) is 25.8 Å². The maximum atomic E-state index is 9.74. The molecule has 1 aliphatic heterocycles. The number of hydrogen-bond acceptors (Lipinski definition) is 5. The van der Waals surface area contributed by atoms with Crippen LogP contribution in [0.4, 0.5) is 0 Å². The van der Waals surface area contributed by atoms with Crippen molar-refractivity contribution in [3.63, 3.8) is 0 Å². The summed E-state index contributed by atoms with van der Waals surface area (Å²) in [5, 5.41) is 9.74. The molecule has 4 rings (SSSR count). The Bertz CT molecular complexity index is 900. The maximum absolute atomic E-state index is 9.74. The number of aliphatic hydroxyl groups excluding tert-OH is 1. The van der Waals surface area contributed by atoms with Crippen molar-refractivity contribution in [2.45, 2.75) is 32.4 Å². The lowest BCUT2D eigenvalue weighted by Crippen LogP contribution is -2.37. The lowest BCUT2D eigenvalue weighted by Gasteiger charge is -2.29. The van der Waals surface area contributed by atoms with E-state index in [1.807, 2.05) is 43.7 Å². The molecule has 0 saturated carbocycles. The van der Waals surface area contributed by atoms with E-state index in [0.29, 0.717) is 12.5 Å². The summed E-state index contributed by atoms with van der Waals surface area (Å²) in [7, 11) is 0. The zero-order chi connectivity index (χ0) is 20.1. The van der Waals surface area contributed by atoms with Gasteiger partial charge in [-0.15, -0.1) is 0 Å². The highest BCUT2D eigenvalue weighted by atomic mass is 16.5. The van der Waals surface area contributed by atoms with Crippen molar-refractivity contribution >= 4 is 0 Å².